The second kappa shape index (κ2) is 3.90. The van der Waals surface area contributed by atoms with Crippen molar-refractivity contribution >= 4 is 0 Å². The number of hydrogen-bond donors (Lipinski definition) is 1. The van der Waals surface area contributed by atoms with Crippen LogP contribution in [0.4, 0.5) is 0 Å². The van der Waals surface area contributed by atoms with Crippen LogP contribution in [-0.2, 0) is 16.8 Å². The SMILES string of the molecule is OC1(C2CCOCC2)CCCc2occc21. The molecule has 1 atom stereocenters. The first-order valence-electron chi connectivity index (χ1n) is 6.18. The first-order chi connectivity index (χ1) is 7.81. The van der Waals surface area contributed by atoms with Gasteiger partial charge < -0.3 is 14.3 Å². The summed E-state index contributed by atoms with van der Waals surface area (Å²) in [6.45, 7) is 1.56. The minimum Gasteiger partial charge on any atom is -0.469 e. The van der Waals surface area contributed by atoms with Crippen molar-refractivity contribution < 1.29 is 14.3 Å². The summed E-state index contributed by atoms with van der Waals surface area (Å²) in [6.07, 6.45) is 6.48. The van der Waals surface area contributed by atoms with Crippen molar-refractivity contribution in [1.82, 2.24) is 0 Å². The van der Waals surface area contributed by atoms with Crippen molar-refractivity contribution in [2.75, 3.05) is 13.2 Å². The molecule has 1 unspecified atom stereocenters. The molecular weight excluding hydrogens is 204 g/mol. The summed E-state index contributed by atoms with van der Waals surface area (Å²) in [7, 11) is 0. The summed E-state index contributed by atoms with van der Waals surface area (Å²) in [5.41, 5.74) is 0.371. The van der Waals surface area contributed by atoms with E-state index in [2.05, 4.69) is 0 Å². The van der Waals surface area contributed by atoms with Crippen LogP contribution >= 0.6 is 0 Å². The van der Waals surface area contributed by atoms with Gasteiger partial charge in [-0.15, -0.1) is 0 Å². The quantitative estimate of drug-likeness (QED) is 0.792. The van der Waals surface area contributed by atoms with Crippen molar-refractivity contribution in [1.29, 1.82) is 0 Å². The fraction of sp³-hybridized carbons (Fsp3) is 0.692. The first-order valence-corrected chi connectivity index (χ1v) is 6.18. The Kier molecular flexibility index (Phi) is 2.52. The standard InChI is InChI=1S/C13H18O3/c14-13(10-3-7-15-8-4-10)6-1-2-12-11(13)5-9-16-12/h5,9-10,14H,1-4,6-8H2. The van der Waals surface area contributed by atoms with Crippen LogP contribution in [-0.4, -0.2) is 18.3 Å². The van der Waals surface area contributed by atoms with Crippen LogP contribution in [0.3, 0.4) is 0 Å². The van der Waals surface area contributed by atoms with Crippen LogP contribution in [0.15, 0.2) is 16.7 Å². The van der Waals surface area contributed by atoms with Gasteiger partial charge in [-0.2, -0.15) is 0 Å². The van der Waals surface area contributed by atoms with Crippen LogP contribution < -0.4 is 0 Å². The molecule has 0 saturated carbocycles. The second-order valence-electron chi connectivity index (χ2n) is 4.92. The average molecular weight is 222 g/mol. The highest BCUT2D eigenvalue weighted by atomic mass is 16.5. The maximum absolute atomic E-state index is 10.9. The normalized spacial score (nSPS) is 31.3. The zero-order valence-electron chi connectivity index (χ0n) is 9.45. The maximum Gasteiger partial charge on any atom is 0.109 e. The molecule has 0 aromatic carbocycles. The molecule has 1 aliphatic carbocycles. The lowest BCUT2D eigenvalue weighted by Gasteiger charge is -2.40. The summed E-state index contributed by atoms with van der Waals surface area (Å²) >= 11 is 0. The highest BCUT2D eigenvalue weighted by Crippen LogP contribution is 2.44. The Labute approximate surface area is 95.4 Å². The fourth-order valence-corrected chi connectivity index (χ4v) is 3.17. The summed E-state index contributed by atoms with van der Waals surface area (Å²) in [6, 6.07) is 1.95. The maximum atomic E-state index is 10.9. The van der Waals surface area contributed by atoms with Gasteiger partial charge in [0.2, 0.25) is 0 Å². The molecule has 0 amide bonds. The number of furan rings is 1. The summed E-state index contributed by atoms with van der Waals surface area (Å²) in [5.74, 6) is 1.32. The van der Waals surface area contributed by atoms with Crippen molar-refractivity contribution in [3.63, 3.8) is 0 Å². The van der Waals surface area contributed by atoms with Gasteiger partial charge in [-0.25, -0.2) is 0 Å². The van der Waals surface area contributed by atoms with E-state index in [9.17, 15) is 5.11 Å². The van der Waals surface area contributed by atoms with Crippen LogP contribution in [0, 0.1) is 5.92 Å². The number of aliphatic hydroxyl groups is 1. The fourth-order valence-electron chi connectivity index (χ4n) is 3.17. The molecule has 2 heterocycles. The summed E-state index contributed by atoms with van der Waals surface area (Å²) in [5, 5.41) is 10.9. The Bertz CT molecular complexity index is 365. The summed E-state index contributed by atoms with van der Waals surface area (Å²) < 4.78 is 10.8. The predicted octanol–water partition coefficient (Wildman–Crippen LogP) is 2.23. The Hall–Kier alpha value is -0.800. The monoisotopic (exact) mass is 222 g/mol. The van der Waals surface area contributed by atoms with Crippen LogP contribution in [0.2, 0.25) is 0 Å². The molecule has 0 spiro atoms. The van der Waals surface area contributed by atoms with Crippen molar-refractivity contribution in [3.8, 4) is 0 Å². The third-order valence-electron chi connectivity index (χ3n) is 4.07. The van der Waals surface area contributed by atoms with Crippen molar-refractivity contribution in [2.24, 2.45) is 5.92 Å². The van der Waals surface area contributed by atoms with E-state index in [1.54, 1.807) is 6.26 Å². The lowest BCUT2D eigenvalue weighted by atomic mass is 9.71. The highest BCUT2D eigenvalue weighted by molar-refractivity contribution is 5.28. The third-order valence-corrected chi connectivity index (χ3v) is 4.07. The largest absolute Gasteiger partial charge is 0.469 e. The second-order valence-corrected chi connectivity index (χ2v) is 4.92. The van der Waals surface area contributed by atoms with Gasteiger partial charge in [-0.3, -0.25) is 0 Å². The van der Waals surface area contributed by atoms with E-state index < -0.39 is 5.60 Å². The number of fused-ring (bicyclic) bond motifs is 1. The van der Waals surface area contributed by atoms with E-state index in [0.717, 1.165) is 56.6 Å². The van der Waals surface area contributed by atoms with Crippen molar-refractivity contribution in [2.45, 2.75) is 37.7 Å². The van der Waals surface area contributed by atoms with Gasteiger partial charge in [0.05, 0.1) is 11.9 Å². The lowest BCUT2D eigenvalue weighted by Crippen LogP contribution is -2.40. The number of ether oxygens (including phenoxy) is 1. The minimum atomic E-state index is -0.662. The molecule has 16 heavy (non-hydrogen) atoms. The molecule has 88 valence electrons. The third kappa shape index (κ3) is 1.50. The van der Waals surface area contributed by atoms with Gasteiger partial charge >= 0.3 is 0 Å². The lowest BCUT2D eigenvalue weighted by molar-refractivity contribution is -0.0819. The molecule has 1 aromatic heterocycles. The number of aryl methyl sites for hydroxylation is 1. The Morgan fingerprint density at radius 1 is 1.31 bits per heavy atom. The van der Waals surface area contributed by atoms with Gasteiger partial charge in [-0.1, -0.05) is 0 Å². The van der Waals surface area contributed by atoms with Crippen LogP contribution in [0.25, 0.3) is 0 Å². The Morgan fingerprint density at radius 2 is 2.12 bits per heavy atom. The molecule has 2 aliphatic rings. The van der Waals surface area contributed by atoms with E-state index in [0.29, 0.717) is 5.92 Å². The van der Waals surface area contributed by atoms with Crippen molar-refractivity contribution in [3.05, 3.63) is 23.7 Å². The summed E-state index contributed by atoms with van der Waals surface area (Å²) in [4.78, 5) is 0. The molecular formula is C13H18O3. The smallest absolute Gasteiger partial charge is 0.109 e. The van der Waals surface area contributed by atoms with Gasteiger partial charge in [0, 0.05) is 25.2 Å². The Balaban J connectivity index is 1.93. The van der Waals surface area contributed by atoms with E-state index in [4.69, 9.17) is 9.15 Å². The zero-order chi connectivity index (χ0) is 11.0. The van der Waals surface area contributed by atoms with Gasteiger partial charge in [0.1, 0.15) is 5.76 Å². The molecule has 0 radical (unpaired) electrons. The van der Waals surface area contributed by atoms with E-state index >= 15 is 0 Å². The highest BCUT2D eigenvalue weighted by Gasteiger charge is 2.43. The zero-order valence-corrected chi connectivity index (χ0v) is 9.45. The van der Waals surface area contributed by atoms with E-state index in [1.807, 2.05) is 6.07 Å². The molecule has 3 rings (SSSR count). The molecule has 1 aromatic rings. The predicted molar refractivity (Wildman–Crippen MR) is 59.1 cm³/mol. The molecule has 0 bridgehead atoms. The molecule has 3 heteroatoms. The first kappa shape index (κ1) is 10.4. The minimum absolute atomic E-state index is 0.331. The molecule has 1 N–H and O–H groups in total. The van der Waals surface area contributed by atoms with Gasteiger partial charge in [-0.05, 0) is 37.7 Å². The molecule has 1 aliphatic heterocycles. The van der Waals surface area contributed by atoms with E-state index in [1.165, 1.54) is 0 Å². The Morgan fingerprint density at radius 3 is 2.94 bits per heavy atom. The topological polar surface area (TPSA) is 42.6 Å². The van der Waals surface area contributed by atoms with Gasteiger partial charge in [0.15, 0.2) is 0 Å². The molecule has 1 fully saturated rings. The number of hydrogen-bond acceptors (Lipinski definition) is 3. The number of rotatable bonds is 1. The van der Waals surface area contributed by atoms with Crippen LogP contribution in [0.5, 0.6) is 0 Å². The average Bonchev–Trinajstić information content (AvgIpc) is 2.80. The van der Waals surface area contributed by atoms with Crippen LogP contribution in [0.1, 0.15) is 37.0 Å². The molecule has 3 nitrogen and oxygen atoms in total. The van der Waals surface area contributed by atoms with E-state index in [-0.39, 0.29) is 0 Å². The van der Waals surface area contributed by atoms with Gasteiger partial charge in [0.25, 0.3) is 0 Å². The molecule has 1 saturated heterocycles.